The number of benzene rings is 1. The molecule has 5 heteroatoms. The molecule has 1 heterocycles. The van der Waals surface area contributed by atoms with E-state index >= 15 is 0 Å². The maximum atomic E-state index is 12.3. The topological polar surface area (TPSA) is 57.6 Å². The number of hydrogen-bond donors (Lipinski definition) is 1. The minimum atomic E-state index is -0.781. The van der Waals surface area contributed by atoms with Gasteiger partial charge in [-0.25, -0.2) is 0 Å². The zero-order chi connectivity index (χ0) is 16.2. The second-order valence-corrected chi connectivity index (χ2v) is 7.26. The van der Waals surface area contributed by atoms with Crippen LogP contribution in [0.1, 0.15) is 26.7 Å². The number of hydrogen-bond acceptors (Lipinski definition) is 3. The zero-order valence-electron chi connectivity index (χ0n) is 13.1. The zero-order valence-corrected chi connectivity index (χ0v) is 13.9. The third kappa shape index (κ3) is 3.64. The van der Waals surface area contributed by atoms with Gasteiger partial charge >= 0.3 is 5.97 Å². The molecule has 0 spiro atoms. The Morgan fingerprint density at radius 2 is 2.00 bits per heavy atom. The van der Waals surface area contributed by atoms with Crippen molar-refractivity contribution in [2.45, 2.75) is 31.6 Å². The van der Waals surface area contributed by atoms with Gasteiger partial charge in [-0.2, -0.15) is 0 Å². The third-order valence-corrected chi connectivity index (χ3v) is 5.53. The van der Waals surface area contributed by atoms with Crippen molar-refractivity contribution in [3.63, 3.8) is 0 Å². The molecule has 1 aliphatic heterocycles. The highest BCUT2D eigenvalue weighted by Gasteiger charge is 2.48. The van der Waals surface area contributed by atoms with Gasteiger partial charge in [0.2, 0.25) is 5.91 Å². The summed E-state index contributed by atoms with van der Waals surface area (Å²) in [6.45, 7) is 4.74. The quantitative estimate of drug-likeness (QED) is 0.818. The van der Waals surface area contributed by atoms with Gasteiger partial charge in [0.05, 0.1) is 5.41 Å². The molecule has 1 aromatic carbocycles. The fraction of sp³-hybridized carbons (Fsp3) is 0.529. The number of carboxylic acid groups (broad SMARTS) is 1. The summed E-state index contributed by atoms with van der Waals surface area (Å²) in [7, 11) is 0. The monoisotopic (exact) mass is 321 g/mol. The summed E-state index contributed by atoms with van der Waals surface area (Å²) in [6.07, 6.45) is 1.00. The van der Waals surface area contributed by atoms with Crippen molar-refractivity contribution in [1.82, 2.24) is 4.90 Å². The highest BCUT2D eigenvalue weighted by molar-refractivity contribution is 7.99. The first-order chi connectivity index (χ1) is 10.5. The number of rotatable bonds is 6. The molecule has 1 atom stereocenters. The lowest BCUT2D eigenvalue weighted by molar-refractivity contribution is -0.151. The van der Waals surface area contributed by atoms with Gasteiger partial charge in [-0.05, 0) is 24.5 Å². The Labute approximate surface area is 135 Å². The Balaban J connectivity index is 1.85. The van der Waals surface area contributed by atoms with Gasteiger partial charge in [0.15, 0.2) is 0 Å². The molecule has 1 saturated heterocycles. The fourth-order valence-corrected chi connectivity index (χ4v) is 3.73. The molecule has 0 radical (unpaired) electrons. The average molecular weight is 321 g/mol. The maximum absolute atomic E-state index is 12.3. The smallest absolute Gasteiger partial charge is 0.311 e. The first kappa shape index (κ1) is 16.9. The standard InChI is InChI=1S/C17H23NO3S/c1-13(2)17(16(20)21)9-10-18(12-17)15(19)8-11-22-14-6-4-3-5-7-14/h3-7,13H,8-12H2,1-2H3,(H,20,21). The Kier molecular flexibility index (Phi) is 5.51. The number of amides is 1. The van der Waals surface area contributed by atoms with E-state index in [-0.39, 0.29) is 11.8 Å². The van der Waals surface area contributed by atoms with E-state index in [0.29, 0.717) is 25.9 Å². The fourth-order valence-electron chi connectivity index (χ4n) is 2.87. The molecule has 0 aromatic heterocycles. The summed E-state index contributed by atoms with van der Waals surface area (Å²) in [5, 5.41) is 9.52. The number of likely N-dealkylation sites (tertiary alicyclic amines) is 1. The molecule has 1 aliphatic rings. The van der Waals surface area contributed by atoms with E-state index in [2.05, 4.69) is 0 Å². The van der Waals surface area contributed by atoms with Crippen LogP contribution < -0.4 is 0 Å². The lowest BCUT2D eigenvalue weighted by Crippen LogP contribution is -2.40. The normalized spacial score (nSPS) is 21.3. The minimum absolute atomic E-state index is 0.0292. The Morgan fingerprint density at radius 3 is 2.55 bits per heavy atom. The number of carbonyl (C=O) groups is 2. The summed E-state index contributed by atoms with van der Waals surface area (Å²) < 4.78 is 0. The SMILES string of the molecule is CC(C)C1(C(=O)O)CCN(C(=O)CCSc2ccccc2)C1. The molecule has 0 aliphatic carbocycles. The Bertz CT molecular complexity index is 532. The van der Waals surface area contributed by atoms with Crippen molar-refractivity contribution in [3.05, 3.63) is 30.3 Å². The summed E-state index contributed by atoms with van der Waals surface area (Å²) >= 11 is 1.66. The van der Waals surface area contributed by atoms with Crippen molar-refractivity contribution < 1.29 is 14.7 Å². The highest BCUT2D eigenvalue weighted by atomic mass is 32.2. The van der Waals surface area contributed by atoms with Crippen LogP contribution in [0.4, 0.5) is 0 Å². The second-order valence-electron chi connectivity index (χ2n) is 6.09. The van der Waals surface area contributed by atoms with Crippen LogP contribution in [0, 0.1) is 11.3 Å². The third-order valence-electron chi connectivity index (χ3n) is 4.51. The van der Waals surface area contributed by atoms with Gasteiger partial charge in [-0.1, -0.05) is 32.0 Å². The number of nitrogens with zero attached hydrogens (tertiary/aromatic N) is 1. The Hall–Kier alpha value is -1.49. The van der Waals surface area contributed by atoms with Gasteiger partial charge in [-0.15, -0.1) is 11.8 Å². The first-order valence-electron chi connectivity index (χ1n) is 7.65. The van der Waals surface area contributed by atoms with Crippen molar-refractivity contribution in [3.8, 4) is 0 Å². The predicted octanol–water partition coefficient (Wildman–Crippen LogP) is 3.13. The molecule has 120 valence electrons. The molecular formula is C17H23NO3S. The lowest BCUT2D eigenvalue weighted by atomic mass is 9.76. The molecule has 1 amide bonds. The molecule has 0 saturated carbocycles. The van der Waals surface area contributed by atoms with E-state index in [9.17, 15) is 14.7 Å². The number of thioether (sulfide) groups is 1. The van der Waals surface area contributed by atoms with Crippen LogP contribution in [-0.4, -0.2) is 40.7 Å². The van der Waals surface area contributed by atoms with Crippen LogP contribution in [0.5, 0.6) is 0 Å². The number of aliphatic carboxylic acids is 1. The van der Waals surface area contributed by atoms with Gasteiger partial charge in [0.25, 0.3) is 0 Å². The molecule has 4 nitrogen and oxygen atoms in total. The highest BCUT2D eigenvalue weighted by Crippen LogP contribution is 2.38. The van der Waals surface area contributed by atoms with Crippen molar-refractivity contribution in [2.75, 3.05) is 18.8 Å². The second kappa shape index (κ2) is 7.18. The van der Waals surface area contributed by atoms with Gasteiger partial charge in [-0.3, -0.25) is 9.59 Å². The molecule has 1 N–H and O–H groups in total. The largest absolute Gasteiger partial charge is 0.481 e. The molecule has 1 unspecified atom stereocenters. The van der Waals surface area contributed by atoms with E-state index in [4.69, 9.17) is 0 Å². The average Bonchev–Trinajstić information content (AvgIpc) is 2.95. The number of carbonyl (C=O) groups excluding carboxylic acids is 1. The van der Waals surface area contributed by atoms with Crippen molar-refractivity contribution >= 4 is 23.6 Å². The van der Waals surface area contributed by atoms with Crippen LogP contribution in [0.15, 0.2) is 35.2 Å². The van der Waals surface area contributed by atoms with E-state index in [1.54, 1.807) is 16.7 Å². The van der Waals surface area contributed by atoms with Crippen LogP contribution in [0.2, 0.25) is 0 Å². The van der Waals surface area contributed by atoms with Gasteiger partial charge in [0, 0.05) is 30.2 Å². The summed E-state index contributed by atoms with van der Waals surface area (Å²) in [6, 6.07) is 9.98. The molecule has 1 aromatic rings. The van der Waals surface area contributed by atoms with Crippen LogP contribution in [-0.2, 0) is 9.59 Å². The van der Waals surface area contributed by atoms with E-state index < -0.39 is 11.4 Å². The van der Waals surface area contributed by atoms with Gasteiger partial charge < -0.3 is 10.0 Å². The van der Waals surface area contributed by atoms with E-state index in [1.807, 2.05) is 44.2 Å². The molecule has 22 heavy (non-hydrogen) atoms. The molecular weight excluding hydrogens is 298 g/mol. The van der Waals surface area contributed by atoms with Crippen molar-refractivity contribution in [1.29, 1.82) is 0 Å². The van der Waals surface area contributed by atoms with Crippen molar-refractivity contribution in [2.24, 2.45) is 11.3 Å². The van der Waals surface area contributed by atoms with Gasteiger partial charge in [0.1, 0.15) is 0 Å². The lowest BCUT2D eigenvalue weighted by Gasteiger charge is -2.28. The molecule has 2 rings (SSSR count). The molecule has 1 fully saturated rings. The van der Waals surface area contributed by atoms with E-state index in [1.165, 1.54) is 0 Å². The first-order valence-corrected chi connectivity index (χ1v) is 8.63. The minimum Gasteiger partial charge on any atom is -0.481 e. The van der Waals surface area contributed by atoms with E-state index in [0.717, 1.165) is 10.6 Å². The summed E-state index contributed by atoms with van der Waals surface area (Å²) in [5.41, 5.74) is -0.776. The number of carboxylic acids is 1. The predicted molar refractivity (Wildman–Crippen MR) is 87.9 cm³/mol. The summed E-state index contributed by atoms with van der Waals surface area (Å²) in [4.78, 5) is 26.8. The van der Waals surface area contributed by atoms with Crippen LogP contribution >= 0.6 is 11.8 Å². The molecule has 0 bridgehead atoms. The Morgan fingerprint density at radius 1 is 1.32 bits per heavy atom. The van der Waals surface area contributed by atoms with Crippen LogP contribution in [0.3, 0.4) is 0 Å². The summed E-state index contributed by atoms with van der Waals surface area (Å²) in [5.74, 6) is 0.0336. The maximum Gasteiger partial charge on any atom is 0.311 e. The van der Waals surface area contributed by atoms with Crippen LogP contribution in [0.25, 0.3) is 0 Å².